The van der Waals surface area contributed by atoms with Gasteiger partial charge in [-0.1, -0.05) is 6.42 Å². The van der Waals surface area contributed by atoms with Gasteiger partial charge in [0, 0.05) is 10.8 Å². The predicted molar refractivity (Wildman–Crippen MR) is 73.8 cm³/mol. The monoisotopic (exact) mass is 269 g/mol. The average molecular weight is 270 g/mol. The second kappa shape index (κ2) is 4.55. The minimum atomic E-state index is 0.459. The summed E-state index contributed by atoms with van der Waals surface area (Å²) in [5.74, 6) is 2.77. The Kier molecular flexibility index (Phi) is 3.20. The van der Waals surface area contributed by atoms with Gasteiger partial charge in [0.1, 0.15) is 0 Å². The summed E-state index contributed by atoms with van der Waals surface area (Å²) in [5.41, 5.74) is 3.66. The molecule has 3 rings (SSSR count). The van der Waals surface area contributed by atoms with Gasteiger partial charge in [-0.05, 0) is 56.3 Å². The number of aryl methyl sites for hydroxylation is 2. The number of thiazole rings is 1. The van der Waals surface area contributed by atoms with Gasteiger partial charge in [0.15, 0.2) is 0 Å². The molecule has 1 heterocycles. The highest BCUT2D eigenvalue weighted by atomic mass is 35.5. The van der Waals surface area contributed by atoms with Gasteiger partial charge in [-0.25, -0.2) is 4.98 Å². The molecular weight excluding hydrogens is 250 g/mol. The van der Waals surface area contributed by atoms with Crippen LogP contribution in [0.3, 0.4) is 0 Å². The van der Waals surface area contributed by atoms with Crippen LogP contribution in [0.1, 0.15) is 42.7 Å². The molecule has 0 aliphatic heterocycles. The predicted octanol–water partition coefficient (Wildman–Crippen LogP) is 4.43. The molecule has 2 bridgehead atoms. The van der Waals surface area contributed by atoms with Gasteiger partial charge in [-0.3, -0.25) is 0 Å². The van der Waals surface area contributed by atoms with E-state index in [4.69, 9.17) is 11.6 Å². The van der Waals surface area contributed by atoms with E-state index in [2.05, 4.69) is 11.9 Å². The van der Waals surface area contributed by atoms with E-state index in [1.165, 1.54) is 49.1 Å². The summed E-state index contributed by atoms with van der Waals surface area (Å²) in [5, 5.41) is 0. The fourth-order valence-corrected chi connectivity index (χ4v) is 5.27. The summed E-state index contributed by atoms with van der Waals surface area (Å²) in [6.45, 7) is 2.13. The molecule has 0 N–H and O–H groups in total. The molecule has 94 valence electrons. The van der Waals surface area contributed by atoms with Crippen molar-refractivity contribution < 1.29 is 0 Å². The Bertz CT molecular complexity index is 403. The first-order chi connectivity index (χ1) is 8.23. The zero-order valence-electron chi connectivity index (χ0n) is 10.4. The van der Waals surface area contributed by atoms with Crippen LogP contribution in [0, 0.1) is 24.2 Å². The van der Waals surface area contributed by atoms with E-state index in [-0.39, 0.29) is 0 Å². The number of aromatic nitrogens is 1. The summed E-state index contributed by atoms with van der Waals surface area (Å²) in [7, 11) is 0. The van der Waals surface area contributed by atoms with E-state index >= 15 is 0 Å². The van der Waals surface area contributed by atoms with Crippen molar-refractivity contribution in [2.75, 3.05) is 5.88 Å². The third-order valence-corrected chi connectivity index (χ3v) is 6.59. The molecule has 2 fully saturated rings. The third-order valence-electron chi connectivity index (χ3n) is 5.06. The highest BCUT2D eigenvalue weighted by molar-refractivity contribution is 7.09. The molecule has 0 amide bonds. The van der Waals surface area contributed by atoms with Crippen LogP contribution in [0.15, 0.2) is 5.51 Å². The van der Waals surface area contributed by atoms with Gasteiger partial charge in [0.05, 0.1) is 11.2 Å². The van der Waals surface area contributed by atoms with Crippen molar-refractivity contribution in [3.8, 4) is 0 Å². The number of rotatable bonds is 4. The Hall–Kier alpha value is -0.0800. The topological polar surface area (TPSA) is 12.9 Å². The van der Waals surface area contributed by atoms with Crippen LogP contribution in [0.25, 0.3) is 0 Å². The SMILES string of the molecule is Cc1ncsc1CCC1(CCl)CC2CCC1C2. The van der Waals surface area contributed by atoms with E-state index in [1.807, 2.05) is 16.8 Å². The van der Waals surface area contributed by atoms with Crippen LogP contribution in [0.2, 0.25) is 0 Å². The van der Waals surface area contributed by atoms with E-state index in [0.29, 0.717) is 5.41 Å². The molecule has 2 saturated carbocycles. The second-order valence-electron chi connectivity index (χ2n) is 5.94. The molecule has 3 unspecified atom stereocenters. The molecule has 0 saturated heterocycles. The molecule has 2 aliphatic carbocycles. The first kappa shape index (κ1) is 12.0. The number of hydrogen-bond acceptors (Lipinski definition) is 2. The second-order valence-corrected chi connectivity index (χ2v) is 7.14. The summed E-state index contributed by atoms with van der Waals surface area (Å²) < 4.78 is 0. The largest absolute Gasteiger partial charge is 0.250 e. The quantitative estimate of drug-likeness (QED) is 0.737. The lowest BCUT2D eigenvalue weighted by Gasteiger charge is -2.36. The Balaban J connectivity index is 1.69. The summed E-state index contributed by atoms with van der Waals surface area (Å²) in [6.07, 6.45) is 8.20. The summed E-state index contributed by atoms with van der Waals surface area (Å²) >= 11 is 8.13. The smallest absolute Gasteiger partial charge is 0.0797 e. The molecule has 1 aromatic heterocycles. The maximum Gasteiger partial charge on any atom is 0.0797 e. The molecule has 3 heteroatoms. The zero-order valence-corrected chi connectivity index (χ0v) is 12.0. The fraction of sp³-hybridized carbons (Fsp3) is 0.786. The van der Waals surface area contributed by atoms with E-state index in [9.17, 15) is 0 Å². The summed E-state index contributed by atoms with van der Waals surface area (Å²) in [6, 6.07) is 0. The van der Waals surface area contributed by atoms with E-state index in [0.717, 1.165) is 17.7 Å². The van der Waals surface area contributed by atoms with Crippen molar-refractivity contribution in [3.63, 3.8) is 0 Å². The lowest BCUT2D eigenvalue weighted by atomic mass is 9.71. The zero-order chi connectivity index (χ0) is 11.9. The molecule has 0 spiro atoms. The normalized spacial score (nSPS) is 35.6. The van der Waals surface area contributed by atoms with E-state index < -0.39 is 0 Å². The van der Waals surface area contributed by atoms with Gasteiger partial charge in [0.25, 0.3) is 0 Å². The van der Waals surface area contributed by atoms with Crippen molar-refractivity contribution in [2.24, 2.45) is 17.3 Å². The molecular formula is C14H20ClNS. The fourth-order valence-electron chi connectivity index (χ4n) is 4.02. The number of halogens is 1. The first-order valence-electron chi connectivity index (χ1n) is 6.68. The lowest BCUT2D eigenvalue weighted by Crippen LogP contribution is -2.30. The van der Waals surface area contributed by atoms with Crippen LogP contribution in [-0.4, -0.2) is 10.9 Å². The molecule has 1 nitrogen and oxygen atoms in total. The molecule has 17 heavy (non-hydrogen) atoms. The van der Waals surface area contributed by atoms with Gasteiger partial charge < -0.3 is 0 Å². The standard InChI is InChI=1S/C14H20ClNS/c1-10-13(17-9-16-10)4-5-14(8-15)7-11-2-3-12(14)6-11/h9,11-12H,2-8H2,1H3. The number of hydrogen-bond donors (Lipinski definition) is 0. The van der Waals surface area contributed by atoms with E-state index in [1.54, 1.807) is 0 Å². The molecule has 0 radical (unpaired) electrons. The van der Waals surface area contributed by atoms with Gasteiger partial charge >= 0.3 is 0 Å². The third kappa shape index (κ3) is 2.04. The van der Waals surface area contributed by atoms with Crippen LogP contribution >= 0.6 is 22.9 Å². The molecule has 1 aromatic rings. The average Bonchev–Trinajstić information content (AvgIpc) is 3.02. The van der Waals surface area contributed by atoms with Crippen molar-refractivity contribution in [3.05, 3.63) is 16.1 Å². The van der Waals surface area contributed by atoms with Crippen molar-refractivity contribution in [1.29, 1.82) is 0 Å². The number of fused-ring (bicyclic) bond motifs is 2. The van der Waals surface area contributed by atoms with Crippen molar-refractivity contribution in [1.82, 2.24) is 4.98 Å². The Labute approximate surface area is 113 Å². The van der Waals surface area contributed by atoms with Gasteiger partial charge in [0.2, 0.25) is 0 Å². The van der Waals surface area contributed by atoms with Gasteiger partial charge in [-0.15, -0.1) is 22.9 Å². The summed E-state index contributed by atoms with van der Waals surface area (Å²) in [4.78, 5) is 5.81. The maximum atomic E-state index is 6.33. The molecule has 2 aliphatic rings. The highest BCUT2D eigenvalue weighted by Gasteiger charge is 2.49. The van der Waals surface area contributed by atoms with Gasteiger partial charge in [-0.2, -0.15) is 0 Å². The van der Waals surface area contributed by atoms with Crippen LogP contribution in [0.5, 0.6) is 0 Å². The van der Waals surface area contributed by atoms with Crippen LogP contribution in [0.4, 0.5) is 0 Å². The Morgan fingerprint density at radius 2 is 2.41 bits per heavy atom. The lowest BCUT2D eigenvalue weighted by molar-refractivity contribution is 0.178. The molecule has 3 atom stereocenters. The molecule has 0 aromatic carbocycles. The van der Waals surface area contributed by atoms with Crippen molar-refractivity contribution in [2.45, 2.75) is 45.4 Å². The van der Waals surface area contributed by atoms with Crippen LogP contribution < -0.4 is 0 Å². The minimum absolute atomic E-state index is 0.459. The Morgan fingerprint density at radius 3 is 2.94 bits per heavy atom. The van der Waals surface area contributed by atoms with Crippen molar-refractivity contribution >= 4 is 22.9 Å². The first-order valence-corrected chi connectivity index (χ1v) is 8.10. The number of alkyl halides is 1. The van der Waals surface area contributed by atoms with Crippen LogP contribution in [-0.2, 0) is 6.42 Å². The minimum Gasteiger partial charge on any atom is -0.250 e. The Morgan fingerprint density at radius 1 is 1.53 bits per heavy atom. The number of nitrogens with zero attached hydrogens (tertiary/aromatic N) is 1. The highest BCUT2D eigenvalue weighted by Crippen LogP contribution is 2.58. The maximum absolute atomic E-state index is 6.33.